The Morgan fingerprint density at radius 1 is 1.36 bits per heavy atom. The Hall–Kier alpha value is -3.49. The van der Waals surface area contributed by atoms with Crippen molar-refractivity contribution in [3.05, 3.63) is 42.5 Å². The lowest BCUT2D eigenvalue weighted by Crippen LogP contribution is -2.25. The Kier molecular flexibility index (Phi) is 3.34. The highest BCUT2D eigenvalue weighted by molar-refractivity contribution is 6.03. The molecule has 126 valence electrons. The first-order valence-corrected chi connectivity index (χ1v) is 7.63. The molecular weight excluding hydrogens is 324 g/mol. The van der Waals surface area contributed by atoms with Crippen molar-refractivity contribution in [2.75, 3.05) is 4.90 Å². The van der Waals surface area contributed by atoms with Gasteiger partial charge in [0.2, 0.25) is 0 Å². The average Bonchev–Trinajstić information content (AvgIpc) is 3.28. The van der Waals surface area contributed by atoms with Crippen molar-refractivity contribution in [3.8, 4) is 0 Å². The van der Waals surface area contributed by atoms with Crippen molar-refractivity contribution < 1.29 is 14.7 Å². The highest BCUT2D eigenvalue weighted by atomic mass is 16.4. The molecule has 4 rings (SSSR count). The number of hydrogen-bond donors (Lipinski definition) is 1. The molecule has 3 heterocycles. The first-order valence-electron chi connectivity index (χ1n) is 7.63. The van der Waals surface area contributed by atoms with Crippen molar-refractivity contribution in [1.82, 2.24) is 24.4 Å². The quantitative estimate of drug-likeness (QED) is 0.783. The van der Waals surface area contributed by atoms with Gasteiger partial charge in [-0.2, -0.15) is 10.2 Å². The Labute approximate surface area is 141 Å². The van der Waals surface area contributed by atoms with E-state index in [1.165, 1.54) is 15.5 Å². The Morgan fingerprint density at radius 3 is 2.84 bits per heavy atom. The summed E-state index contributed by atoms with van der Waals surface area (Å²) in [5, 5.41) is 18.0. The van der Waals surface area contributed by atoms with Crippen LogP contribution in [0.4, 0.5) is 16.3 Å². The number of anilines is 2. The number of aromatic nitrogens is 5. The summed E-state index contributed by atoms with van der Waals surface area (Å²) in [4.78, 5) is 28.7. The molecule has 0 radical (unpaired) electrons. The van der Waals surface area contributed by atoms with Gasteiger partial charge in [0.05, 0.1) is 5.69 Å². The van der Waals surface area contributed by atoms with Crippen LogP contribution in [0, 0.1) is 0 Å². The second-order valence-electron chi connectivity index (χ2n) is 5.74. The van der Waals surface area contributed by atoms with Crippen LogP contribution in [0.1, 0.15) is 18.4 Å². The Morgan fingerprint density at radius 2 is 2.20 bits per heavy atom. The molecule has 1 amide bonds. The minimum atomic E-state index is -1.18. The number of amides is 1. The van der Waals surface area contributed by atoms with Crippen LogP contribution in [0.15, 0.2) is 36.9 Å². The van der Waals surface area contributed by atoms with Gasteiger partial charge in [-0.1, -0.05) is 0 Å². The van der Waals surface area contributed by atoms with E-state index in [-0.39, 0.29) is 11.6 Å². The summed E-state index contributed by atoms with van der Waals surface area (Å²) in [6.07, 6.45) is 6.25. The number of fused-ring (bicyclic) bond motifs is 1. The summed E-state index contributed by atoms with van der Waals surface area (Å²) in [6, 6.07) is 3.31. The van der Waals surface area contributed by atoms with E-state index in [1.54, 1.807) is 37.7 Å². The van der Waals surface area contributed by atoms with E-state index < -0.39 is 6.09 Å². The summed E-state index contributed by atoms with van der Waals surface area (Å²) in [5.74, 6) is 0.323. The van der Waals surface area contributed by atoms with Gasteiger partial charge in [-0.05, 0) is 29.7 Å². The van der Waals surface area contributed by atoms with E-state index in [4.69, 9.17) is 0 Å². The van der Waals surface area contributed by atoms with Gasteiger partial charge >= 0.3 is 6.09 Å². The third kappa shape index (κ3) is 2.55. The number of allylic oxidation sites excluding steroid dienone is 2. The molecule has 0 saturated heterocycles. The van der Waals surface area contributed by atoms with E-state index in [9.17, 15) is 14.7 Å². The van der Waals surface area contributed by atoms with Crippen LogP contribution in [0.5, 0.6) is 0 Å². The van der Waals surface area contributed by atoms with Crippen LogP contribution in [-0.2, 0) is 11.8 Å². The average molecular weight is 338 g/mol. The van der Waals surface area contributed by atoms with Gasteiger partial charge in [0, 0.05) is 31.9 Å². The molecule has 1 N–H and O–H groups in total. The molecule has 25 heavy (non-hydrogen) atoms. The molecule has 3 aromatic rings. The lowest BCUT2D eigenvalue weighted by molar-refractivity contribution is -0.114. The fraction of sp³-hybridized carbons (Fsp3) is 0.188. The largest absolute Gasteiger partial charge is 0.464 e. The van der Waals surface area contributed by atoms with Gasteiger partial charge < -0.3 is 5.11 Å². The number of nitrogens with zero attached hydrogens (tertiary/aromatic N) is 6. The van der Waals surface area contributed by atoms with E-state index in [2.05, 4.69) is 15.2 Å². The normalized spacial score (nSPS) is 14.1. The maximum Gasteiger partial charge on any atom is 0.417 e. The third-order valence-corrected chi connectivity index (χ3v) is 4.06. The van der Waals surface area contributed by atoms with Crippen LogP contribution in [0.3, 0.4) is 0 Å². The molecule has 3 aromatic heterocycles. The van der Waals surface area contributed by atoms with Crippen LogP contribution in [0.2, 0.25) is 0 Å². The van der Waals surface area contributed by atoms with Gasteiger partial charge in [-0.3, -0.25) is 9.48 Å². The van der Waals surface area contributed by atoms with Crippen molar-refractivity contribution in [3.63, 3.8) is 0 Å². The Bertz CT molecular complexity index is 1030. The van der Waals surface area contributed by atoms with Crippen LogP contribution in [0.25, 0.3) is 11.2 Å². The maximum absolute atomic E-state index is 11.9. The van der Waals surface area contributed by atoms with Crippen LogP contribution in [-0.4, -0.2) is 41.4 Å². The molecule has 1 aliphatic rings. The minimum absolute atomic E-state index is 0.0649. The molecule has 0 aliphatic heterocycles. The van der Waals surface area contributed by atoms with E-state index in [1.807, 2.05) is 0 Å². The predicted octanol–water partition coefficient (Wildman–Crippen LogP) is 2.03. The highest BCUT2D eigenvalue weighted by Gasteiger charge is 2.25. The smallest absolute Gasteiger partial charge is 0.417 e. The first-order chi connectivity index (χ1) is 12.0. The third-order valence-electron chi connectivity index (χ3n) is 4.06. The summed E-state index contributed by atoms with van der Waals surface area (Å²) in [5.41, 5.74) is 2.32. The van der Waals surface area contributed by atoms with E-state index >= 15 is 0 Å². The molecule has 0 saturated carbocycles. The first kappa shape index (κ1) is 15.1. The molecule has 0 fully saturated rings. The van der Waals surface area contributed by atoms with Gasteiger partial charge in [-0.15, -0.1) is 0 Å². The standard InChI is InChI=1S/C16H14N6O3/c1-20-5-4-14(19-20)22(16(24)25)13-7-11(10-2-3-12(23)6-10)8-21-15(13)17-9-18-21/h4-9H,2-3H2,1H3,(H,24,25). The molecule has 0 aromatic carbocycles. The minimum Gasteiger partial charge on any atom is -0.464 e. The molecular formula is C16H14N6O3. The summed E-state index contributed by atoms with van der Waals surface area (Å²) >= 11 is 0. The fourth-order valence-electron chi connectivity index (χ4n) is 2.92. The van der Waals surface area contributed by atoms with E-state index in [0.717, 1.165) is 16.0 Å². The number of aryl methyl sites for hydroxylation is 1. The number of pyridine rings is 1. The zero-order valence-corrected chi connectivity index (χ0v) is 13.3. The predicted molar refractivity (Wildman–Crippen MR) is 88.6 cm³/mol. The lowest BCUT2D eigenvalue weighted by atomic mass is 10.1. The van der Waals surface area contributed by atoms with E-state index in [0.29, 0.717) is 24.2 Å². The number of carbonyl (C=O) groups excluding carboxylic acids is 1. The summed E-state index contributed by atoms with van der Waals surface area (Å²) in [6.45, 7) is 0. The number of rotatable bonds is 3. The second-order valence-corrected chi connectivity index (χ2v) is 5.74. The molecule has 9 nitrogen and oxygen atoms in total. The lowest BCUT2D eigenvalue weighted by Gasteiger charge is -2.18. The monoisotopic (exact) mass is 338 g/mol. The topological polar surface area (TPSA) is 106 Å². The van der Waals surface area contributed by atoms with Crippen LogP contribution < -0.4 is 4.90 Å². The van der Waals surface area contributed by atoms with Gasteiger partial charge in [0.1, 0.15) is 6.33 Å². The zero-order valence-electron chi connectivity index (χ0n) is 13.3. The van der Waals surface area contributed by atoms with Crippen molar-refractivity contribution >= 4 is 34.6 Å². The highest BCUT2D eigenvalue weighted by Crippen LogP contribution is 2.33. The number of ketones is 1. The molecule has 9 heteroatoms. The molecule has 1 aliphatic carbocycles. The summed E-state index contributed by atoms with van der Waals surface area (Å²) in [7, 11) is 1.71. The number of carboxylic acid groups (broad SMARTS) is 1. The SMILES string of the molecule is Cn1ccc(N(C(=O)O)c2cc(C3=CC(=O)CC3)cn3ncnc23)n1. The fourth-order valence-corrected chi connectivity index (χ4v) is 2.92. The van der Waals surface area contributed by atoms with Crippen molar-refractivity contribution in [2.24, 2.45) is 7.05 Å². The van der Waals surface area contributed by atoms with Crippen LogP contribution >= 0.6 is 0 Å². The van der Waals surface area contributed by atoms with Crippen molar-refractivity contribution in [1.29, 1.82) is 0 Å². The summed E-state index contributed by atoms with van der Waals surface area (Å²) < 4.78 is 3.03. The number of carbonyl (C=O) groups is 2. The van der Waals surface area contributed by atoms with Gasteiger partial charge in [0.25, 0.3) is 0 Å². The molecule has 0 spiro atoms. The molecule has 0 bridgehead atoms. The van der Waals surface area contributed by atoms with Gasteiger partial charge in [-0.25, -0.2) is 19.2 Å². The van der Waals surface area contributed by atoms with Gasteiger partial charge in [0.15, 0.2) is 17.2 Å². The zero-order chi connectivity index (χ0) is 17.6. The maximum atomic E-state index is 11.9. The molecule has 0 atom stereocenters. The van der Waals surface area contributed by atoms with Crippen molar-refractivity contribution in [2.45, 2.75) is 12.8 Å². The second kappa shape index (κ2) is 5.55. The number of hydrogen-bond acceptors (Lipinski definition) is 5. The molecule has 0 unspecified atom stereocenters. The Balaban J connectivity index is 1.92.